The van der Waals surface area contributed by atoms with Gasteiger partial charge in [-0.05, 0) is 30.7 Å². The van der Waals surface area contributed by atoms with Crippen LogP contribution < -0.4 is 5.32 Å². The fourth-order valence-electron chi connectivity index (χ4n) is 2.19. The normalized spacial score (nSPS) is 10.7. The summed E-state index contributed by atoms with van der Waals surface area (Å²) in [6.45, 7) is 3.93. The molecular weight excluding hydrogens is 264 g/mol. The predicted molar refractivity (Wildman–Crippen MR) is 81.2 cm³/mol. The Kier molecular flexibility index (Phi) is 3.95. The Morgan fingerprint density at radius 3 is 2.57 bits per heavy atom. The highest BCUT2D eigenvalue weighted by molar-refractivity contribution is 5.48. The minimum atomic E-state index is 0.763. The molecule has 0 unspecified atom stereocenters. The van der Waals surface area contributed by atoms with E-state index in [0.29, 0.717) is 0 Å². The van der Waals surface area contributed by atoms with Crippen LogP contribution in [0.5, 0.6) is 0 Å². The van der Waals surface area contributed by atoms with Crippen molar-refractivity contribution in [1.29, 1.82) is 0 Å². The second-order valence-electron chi connectivity index (χ2n) is 4.80. The van der Waals surface area contributed by atoms with E-state index in [1.807, 2.05) is 36.8 Å². The molecule has 3 aromatic rings. The van der Waals surface area contributed by atoms with Gasteiger partial charge in [-0.1, -0.05) is 6.92 Å². The number of nitrogens with zero attached hydrogens (tertiary/aromatic N) is 5. The van der Waals surface area contributed by atoms with Crippen molar-refractivity contribution in [2.75, 3.05) is 5.32 Å². The molecule has 0 aliphatic rings. The lowest BCUT2D eigenvalue weighted by Gasteiger charge is -2.09. The Balaban J connectivity index is 1.64. The monoisotopic (exact) mass is 282 g/mol. The van der Waals surface area contributed by atoms with E-state index in [1.165, 1.54) is 5.69 Å². The van der Waals surface area contributed by atoms with Crippen molar-refractivity contribution >= 4 is 5.69 Å². The first-order chi connectivity index (χ1) is 10.4. The van der Waals surface area contributed by atoms with Crippen molar-refractivity contribution in [3.8, 4) is 5.69 Å². The van der Waals surface area contributed by atoms with Crippen LogP contribution in [0.1, 0.15) is 19.0 Å². The first kappa shape index (κ1) is 13.4. The molecule has 0 aliphatic heterocycles. The number of aryl methyl sites for hydroxylation is 1. The quantitative estimate of drug-likeness (QED) is 0.754. The van der Waals surface area contributed by atoms with Gasteiger partial charge in [-0.3, -0.25) is 0 Å². The summed E-state index contributed by atoms with van der Waals surface area (Å²) >= 11 is 0. The van der Waals surface area contributed by atoms with Gasteiger partial charge >= 0.3 is 0 Å². The lowest BCUT2D eigenvalue weighted by atomic mass is 10.3. The van der Waals surface area contributed by atoms with Crippen molar-refractivity contribution in [2.45, 2.75) is 26.4 Å². The van der Waals surface area contributed by atoms with Crippen molar-refractivity contribution in [3.05, 3.63) is 54.9 Å². The van der Waals surface area contributed by atoms with E-state index >= 15 is 0 Å². The van der Waals surface area contributed by atoms with E-state index in [9.17, 15) is 0 Å². The zero-order chi connectivity index (χ0) is 14.5. The standard InChI is InChI=1S/C15H18N6/c1-2-9-20-12-16-10-15(20)11-17-13-3-5-14(6-4-13)21-18-7-8-19-21/h3-8,10,12,17H,2,9,11H2,1H3. The largest absolute Gasteiger partial charge is 0.379 e. The third-order valence-corrected chi connectivity index (χ3v) is 3.25. The number of anilines is 1. The van der Waals surface area contributed by atoms with E-state index in [0.717, 1.165) is 30.9 Å². The van der Waals surface area contributed by atoms with Crippen LogP contribution in [-0.2, 0) is 13.1 Å². The summed E-state index contributed by atoms with van der Waals surface area (Å²) in [6, 6.07) is 8.04. The van der Waals surface area contributed by atoms with Gasteiger partial charge in [-0.2, -0.15) is 15.0 Å². The maximum atomic E-state index is 4.20. The number of hydrogen-bond donors (Lipinski definition) is 1. The summed E-state index contributed by atoms with van der Waals surface area (Å²) in [4.78, 5) is 5.80. The summed E-state index contributed by atoms with van der Waals surface area (Å²) < 4.78 is 2.18. The van der Waals surface area contributed by atoms with Gasteiger partial charge in [0.25, 0.3) is 0 Å². The number of aromatic nitrogens is 5. The molecule has 0 aliphatic carbocycles. The summed E-state index contributed by atoms with van der Waals surface area (Å²) in [7, 11) is 0. The highest BCUT2D eigenvalue weighted by atomic mass is 15.5. The minimum Gasteiger partial charge on any atom is -0.379 e. The van der Waals surface area contributed by atoms with E-state index in [2.05, 4.69) is 32.0 Å². The molecule has 0 spiro atoms. The molecule has 1 N–H and O–H groups in total. The first-order valence-electron chi connectivity index (χ1n) is 7.06. The Hall–Kier alpha value is -2.63. The first-order valence-corrected chi connectivity index (χ1v) is 7.06. The van der Waals surface area contributed by atoms with Crippen molar-refractivity contribution < 1.29 is 0 Å². The van der Waals surface area contributed by atoms with Gasteiger partial charge < -0.3 is 9.88 Å². The number of hydrogen-bond acceptors (Lipinski definition) is 4. The SMILES string of the molecule is CCCn1cncc1CNc1ccc(-n2nccn2)cc1. The summed E-state index contributed by atoms with van der Waals surface area (Å²) in [5.74, 6) is 0. The topological polar surface area (TPSA) is 60.6 Å². The second-order valence-corrected chi connectivity index (χ2v) is 4.80. The molecule has 3 rings (SSSR count). The highest BCUT2D eigenvalue weighted by Crippen LogP contribution is 2.13. The van der Waals surface area contributed by atoms with Crippen LogP contribution in [0.4, 0.5) is 5.69 Å². The van der Waals surface area contributed by atoms with Crippen LogP contribution in [0.25, 0.3) is 5.69 Å². The molecule has 0 saturated heterocycles. The van der Waals surface area contributed by atoms with Gasteiger partial charge in [-0.15, -0.1) is 0 Å². The number of rotatable bonds is 6. The van der Waals surface area contributed by atoms with Gasteiger partial charge in [-0.25, -0.2) is 4.98 Å². The fraction of sp³-hybridized carbons (Fsp3) is 0.267. The lowest BCUT2D eigenvalue weighted by molar-refractivity contribution is 0.651. The molecule has 2 aromatic heterocycles. The summed E-state index contributed by atoms with van der Waals surface area (Å²) in [6.07, 6.45) is 8.23. The molecule has 21 heavy (non-hydrogen) atoms. The fourth-order valence-corrected chi connectivity index (χ4v) is 2.19. The van der Waals surface area contributed by atoms with Gasteiger partial charge in [0.15, 0.2) is 0 Å². The van der Waals surface area contributed by atoms with Crippen LogP contribution in [0.2, 0.25) is 0 Å². The number of benzene rings is 1. The molecule has 1 aromatic carbocycles. The average Bonchev–Trinajstić information content (AvgIpc) is 3.18. The van der Waals surface area contributed by atoms with Gasteiger partial charge in [0.2, 0.25) is 0 Å². The molecule has 6 heteroatoms. The molecule has 0 saturated carbocycles. The lowest BCUT2D eigenvalue weighted by Crippen LogP contribution is -2.07. The smallest absolute Gasteiger partial charge is 0.0948 e. The maximum absolute atomic E-state index is 4.20. The predicted octanol–water partition coefficient (Wildman–Crippen LogP) is 2.49. The molecule has 0 atom stereocenters. The molecular formula is C15H18N6. The molecule has 0 bridgehead atoms. The van der Waals surface area contributed by atoms with Crippen LogP contribution in [0.3, 0.4) is 0 Å². The molecule has 108 valence electrons. The van der Waals surface area contributed by atoms with Crippen molar-refractivity contribution in [2.24, 2.45) is 0 Å². The molecule has 0 fully saturated rings. The Labute approximate surface area is 123 Å². The molecule has 6 nitrogen and oxygen atoms in total. The Morgan fingerprint density at radius 1 is 1.10 bits per heavy atom. The zero-order valence-electron chi connectivity index (χ0n) is 12.0. The van der Waals surface area contributed by atoms with Crippen LogP contribution >= 0.6 is 0 Å². The minimum absolute atomic E-state index is 0.763. The van der Waals surface area contributed by atoms with Gasteiger partial charge in [0.05, 0.1) is 36.6 Å². The van der Waals surface area contributed by atoms with E-state index in [1.54, 1.807) is 17.2 Å². The van der Waals surface area contributed by atoms with E-state index in [-0.39, 0.29) is 0 Å². The van der Waals surface area contributed by atoms with Crippen LogP contribution in [0, 0.1) is 0 Å². The highest BCUT2D eigenvalue weighted by Gasteiger charge is 2.02. The van der Waals surface area contributed by atoms with Crippen LogP contribution in [0.15, 0.2) is 49.2 Å². The number of nitrogens with one attached hydrogen (secondary N) is 1. The zero-order valence-corrected chi connectivity index (χ0v) is 12.0. The summed E-state index contributed by atoms with van der Waals surface area (Å²) in [5.41, 5.74) is 3.20. The van der Waals surface area contributed by atoms with Crippen molar-refractivity contribution in [3.63, 3.8) is 0 Å². The number of imidazole rings is 1. The Bertz CT molecular complexity index is 669. The summed E-state index contributed by atoms with van der Waals surface area (Å²) in [5, 5.41) is 11.6. The van der Waals surface area contributed by atoms with E-state index < -0.39 is 0 Å². The van der Waals surface area contributed by atoms with Crippen LogP contribution in [-0.4, -0.2) is 24.5 Å². The molecule has 0 amide bonds. The van der Waals surface area contributed by atoms with Gasteiger partial charge in [0.1, 0.15) is 0 Å². The Morgan fingerprint density at radius 2 is 1.86 bits per heavy atom. The van der Waals surface area contributed by atoms with Gasteiger partial charge in [0, 0.05) is 18.4 Å². The molecule has 0 radical (unpaired) electrons. The van der Waals surface area contributed by atoms with E-state index in [4.69, 9.17) is 0 Å². The third kappa shape index (κ3) is 3.10. The second kappa shape index (κ2) is 6.21. The van der Waals surface area contributed by atoms with Crippen molar-refractivity contribution in [1.82, 2.24) is 24.5 Å². The third-order valence-electron chi connectivity index (χ3n) is 3.25. The maximum Gasteiger partial charge on any atom is 0.0948 e. The molecule has 2 heterocycles. The average molecular weight is 282 g/mol.